The minimum atomic E-state index is -3.66. The standard InChI is InChI=1S/C14H20N4O2S/c1-5-11-6-7-12(8-13(11)15)18(4)21(19,20)14-9(2)16-17-10(14)3/h6-8H,5,15H2,1-4H3,(H,16,17). The van der Waals surface area contributed by atoms with Crippen molar-refractivity contribution in [1.29, 1.82) is 0 Å². The molecule has 0 spiro atoms. The van der Waals surface area contributed by atoms with Crippen LogP contribution in [0.1, 0.15) is 23.9 Å². The van der Waals surface area contributed by atoms with Gasteiger partial charge in [0.05, 0.1) is 17.1 Å². The Morgan fingerprint density at radius 3 is 2.48 bits per heavy atom. The Morgan fingerprint density at radius 2 is 2.00 bits per heavy atom. The Bertz CT molecular complexity index is 746. The Hall–Kier alpha value is -2.02. The van der Waals surface area contributed by atoms with E-state index in [2.05, 4.69) is 10.2 Å². The number of aromatic amines is 1. The summed E-state index contributed by atoms with van der Waals surface area (Å²) in [5, 5.41) is 6.65. The first-order chi connectivity index (χ1) is 9.78. The summed E-state index contributed by atoms with van der Waals surface area (Å²) in [6.07, 6.45) is 0.808. The van der Waals surface area contributed by atoms with Crippen LogP contribution in [0, 0.1) is 13.8 Å². The van der Waals surface area contributed by atoms with Gasteiger partial charge in [0.15, 0.2) is 0 Å². The zero-order valence-electron chi connectivity index (χ0n) is 12.6. The van der Waals surface area contributed by atoms with Crippen molar-refractivity contribution >= 4 is 21.4 Å². The summed E-state index contributed by atoms with van der Waals surface area (Å²) in [7, 11) is -2.15. The Balaban J connectivity index is 2.48. The summed E-state index contributed by atoms with van der Waals surface area (Å²) >= 11 is 0. The molecule has 0 aliphatic carbocycles. The number of nitrogens with zero attached hydrogens (tertiary/aromatic N) is 2. The Labute approximate surface area is 125 Å². The van der Waals surface area contributed by atoms with E-state index in [-0.39, 0.29) is 4.90 Å². The van der Waals surface area contributed by atoms with Gasteiger partial charge in [-0.15, -0.1) is 0 Å². The fourth-order valence-corrected chi connectivity index (χ4v) is 3.81. The lowest BCUT2D eigenvalue weighted by Gasteiger charge is -2.20. The molecular weight excluding hydrogens is 288 g/mol. The summed E-state index contributed by atoms with van der Waals surface area (Å²) in [5.41, 5.74) is 9.06. The number of sulfonamides is 1. The molecule has 1 aromatic carbocycles. The van der Waals surface area contributed by atoms with Gasteiger partial charge < -0.3 is 5.73 Å². The lowest BCUT2D eigenvalue weighted by molar-refractivity contribution is 0.593. The van der Waals surface area contributed by atoms with Crippen LogP contribution < -0.4 is 10.0 Å². The molecule has 1 aromatic heterocycles. The van der Waals surface area contributed by atoms with E-state index in [4.69, 9.17) is 5.73 Å². The number of rotatable bonds is 4. The van der Waals surface area contributed by atoms with E-state index in [9.17, 15) is 8.42 Å². The van der Waals surface area contributed by atoms with E-state index in [0.717, 1.165) is 12.0 Å². The minimum Gasteiger partial charge on any atom is -0.398 e. The predicted molar refractivity (Wildman–Crippen MR) is 83.9 cm³/mol. The van der Waals surface area contributed by atoms with Crippen LogP contribution in [0.25, 0.3) is 0 Å². The molecule has 0 aliphatic heterocycles. The van der Waals surface area contributed by atoms with E-state index in [0.29, 0.717) is 22.8 Å². The molecule has 0 amide bonds. The number of anilines is 2. The Morgan fingerprint density at radius 1 is 1.33 bits per heavy atom. The molecule has 0 saturated carbocycles. The summed E-state index contributed by atoms with van der Waals surface area (Å²) in [5.74, 6) is 0. The maximum absolute atomic E-state index is 12.7. The summed E-state index contributed by atoms with van der Waals surface area (Å²) in [6.45, 7) is 5.36. The molecule has 3 N–H and O–H groups in total. The van der Waals surface area contributed by atoms with Gasteiger partial charge in [-0.1, -0.05) is 13.0 Å². The van der Waals surface area contributed by atoms with E-state index < -0.39 is 10.0 Å². The van der Waals surface area contributed by atoms with Gasteiger partial charge in [-0.3, -0.25) is 9.40 Å². The first kappa shape index (κ1) is 15.4. The molecule has 2 aromatic rings. The lowest BCUT2D eigenvalue weighted by Crippen LogP contribution is -2.27. The average molecular weight is 308 g/mol. The normalized spacial score (nSPS) is 11.6. The number of nitrogen functional groups attached to an aromatic ring is 1. The number of aryl methyl sites for hydroxylation is 3. The van der Waals surface area contributed by atoms with Crippen LogP contribution in [0.15, 0.2) is 23.1 Å². The minimum absolute atomic E-state index is 0.211. The van der Waals surface area contributed by atoms with Crippen molar-refractivity contribution in [3.63, 3.8) is 0 Å². The van der Waals surface area contributed by atoms with E-state index in [1.807, 2.05) is 13.0 Å². The first-order valence-corrected chi connectivity index (χ1v) is 8.12. The zero-order chi connectivity index (χ0) is 15.8. The van der Waals surface area contributed by atoms with Crippen molar-refractivity contribution < 1.29 is 8.42 Å². The quantitative estimate of drug-likeness (QED) is 0.845. The molecule has 0 unspecified atom stereocenters. The van der Waals surface area contributed by atoms with Crippen LogP contribution in [0.4, 0.5) is 11.4 Å². The number of H-pyrrole nitrogens is 1. The molecule has 0 atom stereocenters. The molecule has 7 heteroatoms. The topological polar surface area (TPSA) is 92.1 Å². The number of hydrogen-bond acceptors (Lipinski definition) is 4. The van der Waals surface area contributed by atoms with Gasteiger partial charge in [0.25, 0.3) is 10.0 Å². The van der Waals surface area contributed by atoms with Crippen LogP contribution in [0.2, 0.25) is 0 Å². The highest BCUT2D eigenvalue weighted by Gasteiger charge is 2.27. The summed E-state index contributed by atoms with van der Waals surface area (Å²) in [6, 6.07) is 5.30. The van der Waals surface area contributed by atoms with Crippen LogP contribution in [0.5, 0.6) is 0 Å². The van der Waals surface area contributed by atoms with Gasteiger partial charge in [-0.2, -0.15) is 5.10 Å². The van der Waals surface area contributed by atoms with Gasteiger partial charge in [0.1, 0.15) is 4.90 Å². The highest BCUT2D eigenvalue weighted by atomic mass is 32.2. The highest BCUT2D eigenvalue weighted by molar-refractivity contribution is 7.92. The zero-order valence-corrected chi connectivity index (χ0v) is 13.5. The molecule has 0 aliphatic rings. The molecule has 0 fully saturated rings. The number of nitrogens with two attached hydrogens (primary N) is 1. The van der Waals surface area contributed by atoms with Crippen molar-refractivity contribution in [3.8, 4) is 0 Å². The molecule has 6 nitrogen and oxygen atoms in total. The smallest absolute Gasteiger partial charge is 0.267 e. The van der Waals surface area contributed by atoms with Crippen LogP contribution in [-0.2, 0) is 16.4 Å². The van der Waals surface area contributed by atoms with Crippen LogP contribution >= 0.6 is 0 Å². The van der Waals surface area contributed by atoms with Crippen molar-refractivity contribution in [1.82, 2.24) is 10.2 Å². The molecule has 0 radical (unpaired) electrons. The second-order valence-electron chi connectivity index (χ2n) is 4.97. The SMILES string of the molecule is CCc1ccc(N(C)S(=O)(=O)c2c(C)n[nH]c2C)cc1N. The van der Waals surface area contributed by atoms with Crippen LogP contribution in [0.3, 0.4) is 0 Å². The van der Waals surface area contributed by atoms with Gasteiger partial charge in [0, 0.05) is 12.7 Å². The second kappa shape index (κ2) is 5.40. The van der Waals surface area contributed by atoms with Gasteiger partial charge >= 0.3 is 0 Å². The maximum Gasteiger partial charge on any atom is 0.267 e. The Kier molecular flexibility index (Phi) is 3.95. The molecule has 2 rings (SSSR count). The summed E-state index contributed by atoms with van der Waals surface area (Å²) in [4.78, 5) is 0.211. The van der Waals surface area contributed by atoms with E-state index in [1.165, 1.54) is 11.4 Å². The van der Waals surface area contributed by atoms with E-state index >= 15 is 0 Å². The molecule has 0 saturated heterocycles. The lowest BCUT2D eigenvalue weighted by atomic mass is 10.1. The average Bonchev–Trinajstić information content (AvgIpc) is 2.77. The maximum atomic E-state index is 12.7. The van der Waals surface area contributed by atoms with E-state index in [1.54, 1.807) is 26.0 Å². The monoisotopic (exact) mass is 308 g/mol. The number of aromatic nitrogens is 2. The van der Waals surface area contributed by atoms with Gasteiger partial charge in [-0.25, -0.2) is 8.42 Å². The molecule has 114 valence electrons. The van der Waals surface area contributed by atoms with Crippen molar-refractivity contribution in [3.05, 3.63) is 35.2 Å². The van der Waals surface area contributed by atoms with Crippen molar-refractivity contribution in [2.24, 2.45) is 0 Å². The van der Waals surface area contributed by atoms with Gasteiger partial charge in [-0.05, 0) is 38.0 Å². The third kappa shape index (κ3) is 2.61. The molecule has 21 heavy (non-hydrogen) atoms. The predicted octanol–water partition coefficient (Wildman–Crippen LogP) is 2.00. The van der Waals surface area contributed by atoms with Gasteiger partial charge in [0.2, 0.25) is 0 Å². The molecule has 0 bridgehead atoms. The third-order valence-electron chi connectivity index (χ3n) is 3.55. The molecular formula is C14H20N4O2S. The largest absolute Gasteiger partial charge is 0.398 e. The number of nitrogens with one attached hydrogen (secondary N) is 1. The molecule has 1 heterocycles. The highest BCUT2D eigenvalue weighted by Crippen LogP contribution is 2.28. The number of benzene rings is 1. The first-order valence-electron chi connectivity index (χ1n) is 6.68. The van der Waals surface area contributed by atoms with Crippen molar-refractivity contribution in [2.75, 3.05) is 17.1 Å². The summed E-state index contributed by atoms with van der Waals surface area (Å²) < 4.78 is 26.7. The van der Waals surface area contributed by atoms with Crippen LogP contribution in [-0.4, -0.2) is 25.7 Å². The van der Waals surface area contributed by atoms with Crippen molar-refractivity contribution in [2.45, 2.75) is 32.1 Å². The fourth-order valence-electron chi connectivity index (χ4n) is 2.30. The second-order valence-corrected chi connectivity index (χ2v) is 6.88. The third-order valence-corrected chi connectivity index (χ3v) is 5.60. The number of hydrogen-bond donors (Lipinski definition) is 2. The fraction of sp³-hybridized carbons (Fsp3) is 0.357.